The molecule has 0 radical (unpaired) electrons. The van der Waals surface area contributed by atoms with Gasteiger partial charge in [-0.3, -0.25) is 0 Å². The Morgan fingerprint density at radius 1 is 0.767 bits per heavy atom. The third-order valence-corrected chi connectivity index (χ3v) is 10.3. The molecule has 156 valence electrons. The maximum atomic E-state index is 5.94. The zero-order valence-electron chi connectivity index (χ0n) is 19.7. The molecule has 0 amide bonds. The molecule has 0 saturated heterocycles. The van der Waals surface area contributed by atoms with E-state index in [0.717, 1.165) is 17.9 Å². The van der Waals surface area contributed by atoms with Crippen LogP contribution in [0, 0.1) is 13.8 Å². The van der Waals surface area contributed by atoms with E-state index in [9.17, 15) is 0 Å². The maximum absolute atomic E-state index is 5.94. The highest BCUT2D eigenvalue weighted by molar-refractivity contribution is 6.91. The molecule has 0 spiro atoms. The summed E-state index contributed by atoms with van der Waals surface area (Å²) in [4.78, 5) is 0. The molecular weight excluding hydrogens is 396 g/mol. The van der Waals surface area contributed by atoms with Crippen molar-refractivity contribution in [1.29, 1.82) is 0 Å². The molecule has 0 aliphatic heterocycles. The van der Waals surface area contributed by atoms with Gasteiger partial charge in [0.15, 0.2) is 0 Å². The van der Waals surface area contributed by atoms with Crippen molar-refractivity contribution in [1.82, 2.24) is 0 Å². The van der Waals surface area contributed by atoms with Gasteiger partial charge < -0.3 is 4.42 Å². The second-order valence-electron chi connectivity index (χ2n) is 10.9. The third-order valence-electron chi connectivity index (χ3n) is 6.25. The van der Waals surface area contributed by atoms with Gasteiger partial charge in [-0.15, -0.1) is 0 Å². The molecule has 1 aliphatic carbocycles. The molecule has 30 heavy (non-hydrogen) atoms. The van der Waals surface area contributed by atoms with E-state index in [1.165, 1.54) is 33.4 Å². The van der Waals surface area contributed by atoms with Crippen molar-refractivity contribution >= 4 is 38.2 Å². The SMILES string of the molecule is Cc1ccc(C2=Cc3c(ccc(C)c3-c3cc([Si](C)(C)C)cc([Si](C)(C)C)c3)C2)o1. The zero-order valence-corrected chi connectivity index (χ0v) is 21.7. The van der Waals surface area contributed by atoms with Crippen LogP contribution in [-0.4, -0.2) is 16.1 Å². The number of aryl methyl sites for hydroxylation is 2. The van der Waals surface area contributed by atoms with Gasteiger partial charge in [0.1, 0.15) is 11.5 Å². The molecule has 0 fully saturated rings. The van der Waals surface area contributed by atoms with Crippen LogP contribution in [-0.2, 0) is 6.42 Å². The highest BCUT2D eigenvalue weighted by Gasteiger charge is 2.26. The normalized spacial score (nSPS) is 14.1. The predicted octanol–water partition coefficient (Wildman–Crippen LogP) is 6.75. The fourth-order valence-electron chi connectivity index (χ4n) is 4.31. The summed E-state index contributed by atoms with van der Waals surface area (Å²) in [6.07, 6.45) is 3.31. The number of allylic oxidation sites excluding steroid dienone is 1. The van der Waals surface area contributed by atoms with Crippen LogP contribution in [0.5, 0.6) is 0 Å². The number of rotatable bonds is 4. The molecule has 0 saturated carbocycles. The molecule has 2 aromatic carbocycles. The molecule has 1 heterocycles. The smallest absolute Gasteiger partial charge is 0.130 e. The van der Waals surface area contributed by atoms with E-state index in [2.05, 4.69) is 94.7 Å². The Morgan fingerprint density at radius 2 is 1.40 bits per heavy atom. The minimum absolute atomic E-state index is 0.949. The molecule has 3 aromatic rings. The lowest BCUT2D eigenvalue weighted by atomic mass is 9.93. The van der Waals surface area contributed by atoms with Gasteiger partial charge in [0, 0.05) is 6.42 Å². The number of fused-ring (bicyclic) bond motifs is 1. The number of benzene rings is 2. The van der Waals surface area contributed by atoms with Crippen LogP contribution in [0.15, 0.2) is 46.9 Å². The van der Waals surface area contributed by atoms with Crippen LogP contribution in [0.25, 0.3) is 22.8 Å². The van der Waals surface area contributed by atoms with Gasteiger partial charge in [-0.25, -0.2) is 0 Å². The largest absolute Gasteiger partial charge is 0.462 e. The maximum Gasteiger partial charge on any atom is 0.130 e. The molecule has 0 unspecified atom stereocenters. The highest BCUT2D eigenvalue weighted by Crippen LogP contribution is 2.39. The lowest BCUT2D eigenvalue weighted by Gasteiger charge is -2.25. The van der Waals surface area contributed by atoms with Crippen molar-refractivity contribution in [3.05, 3.63) is 70.7 Å². The van der Waals surface area contributed by atoms with E-state index >= 15 is 0 Å². The van der Waals surface area contributed by atoms with E-state index in [1.54, 1.807) is 10.4 Å². The van der Waals surface area contributed by atoms with Gasteiger partial charge in [0.05, 0.1) is 16.1 Å². The highest BCUT2D eigenvalue weighted by atomic mass is 28.3. The van der Waals surface area contributed by atoms with Crippen LogP contribution < -0.4 is 10.4 Å². The van der Waals surface area contributed by atoms with Crippen molar-refractivity contribution in [3.8, 4) is 11.1 Å². The van der Waals surface area contributed by atoms with Crippen LogP contribution in [0.3, 0.4) is 0 Å². The second kappa shape index (κ2) is 7.24. The van der Waals surface area contributed by atoms with Crippen molar-refractivity contribution in [2.24, 2.45) is 0 Å². The quantitative estimate of drug-likeness (QED) is 0.417. The lowest BCUT2D eigenvalue weighted by molar-refractivity contribution is 0.521. The topological polar surface area (TPSA) is 13.1 Å². The first kappa shape index (κ1) is 21.1. The number of hydrogen-bond acceptors (Lipinski definition) is 1. The number of furan rings is 1. The molecule has 0 bridgehead atoms. The summed E-state index contributed by atoms with van der Waals surface area (Å²) in [7, 11) is -2.84. The first-order valence-electron chi connectivity index (χ1n) is 11.0. The third kappa shape index (κ3) is 3.93. The minimum Gasteiger partial charge on any atom is -0.462 e. The van der Waals surface area contributed by atoms with Gasteiger partial charge in [-0.05, 0) is 65.4 Å². The molecule has 1 aliphatic rings. The average molecular weight is 431 g/mol. The van der Waals surface area contributed by atoms with Gasteiger partial charge in [0.2, 0.25) is 0 Å². The summed E-state index contributed by atoms with van der Waals surface area (Å²) in [6.45, 7) is 19.0. The summed E-state index contributed by atoms with van der Waals surface area (Å²) in [6, 6.07) is 16.3. The molecule has 0 atom stereocenters. The fourth-order valence-corrected chi connectivity index (χ4v) is 6.81. The fraction of sp³-hybridized carbons (Fsp3) is 0.333. The zero-order chi connectivity index (χ0) is 21.8. The van der Waals surface area contributed by atoms with Crippen molar-refractivity contribution in [2.75, 3.05) is 0 Å². The number of hydrogen-bond donors (Lipinski definition) is 0. The lowest BCUT2D eigenvalue weighted by Crippen LogP contribution is -2.45. The van der Waals surface area contributed by atoms with Crippen molar-refractivity contribution < 1.29 is 4.42 Å². The summed E-state index contributed by atoms with van der Waals surface area (Å²) in [5.74, 6) is 1.98. The molecule has 0 N–H and O–H groups in total. The second-order valence-corrected chi connectivity index (χ2v) is 21.0. The Hall–Kier alpha value is -2.11. The molecule has 1 nitrogen and oxygen atoms in total. The first-order valence-corrected chi connectivity index (χ1v) is 18.0. The van der Waals surface area contributed by atoms with Gasteiger partial charge in [-0.1, -0.05) is 80.0 Å². The van der Waals surface area contributed by atoms with Gasteiger partial charge in [-0.2, -0.15) is 0 Å². The summed E-state index contributed by atoms with van der Waals surface area (Å²) in [5.41, 5.74) is 8.24. The van der Waals surface area contributed by atoms with E-state index < -0.39 is 16.1 Å². The minimum atomic E-state index is -1.42. The summed E-state index contributed by atoms with van der Waals surface area (Å²) < 4.78 is 5.94. The van der Waals surface area contributed by atoms with Crippen LogP contribution >= 0.6 is 0 Å². The molecule has 4 rings (SSSR count). The predicted molar refractivity (Wildman–Crippen MR) is 138 cm³/mol. The Morgan fingerprint density at radius 3 is 1.93 bits per heavy atom. The Balaban J connectivity index is 1.93. The van der Waals surface area contributed by atoms with Gasteiger partial charge >= 0.3 is 0 Å². The van der Waals surface area contributed by atoms with Crippen LogP contribution in [0.4, 0.5) is 0 Å². The monoisotopic (exact) mass is 430 g/mol. The van der Waals surface area contributed by atoms with Crippen molar-refractivity contribution in [2.45, 2.75) is 59.6 Å². The van der Waals surface area contributed by atoms with Crippen molar-refractivity contribution in [3.63, 3.8) is 0 Å². The summed E-state index contributed by atoms with van der Waals surface area (Å²) >= 11 is 0. The van der Waals surface area contributed by atoms with Crippen LogP contribution in [0.2, 0.25) is 39.3 Å². The van der Waals surface area contributed by atoms with E-state index in [-0.39, 0.29) is 0 Å². The van der Waals surface area contributed by atoms with E-state index in [0.29, 0.717) is 0 Å². The Labute approximate surface area is 183 Å². The molecule has 3 heteroatoms. The standard InChI is InChI=1S/C27H34OSi2/c1-18-9-11-20-13-21(26-12-10-19(2)28-26)16-25(20)27(18)22-14-23(29(3,4)5)17-24(15-22)30(6,7)8/h9-12,14-17H,13H2,1-8H3. The Bertz CT molecular complexity index is 1120. The van der Waals surface area contributed by atoms with Gasteiger partial charge in [0.25, 0.3) is 0 Å². The van der Waals surface area contributed by atoms with E-state index in [4.69, 9.17) is 4.42 Å². The summed E-state index contributed by atoms with van der Waals surface area (Å²) in [5, 5.41) is 3.14. The average Bonchev–Trinajstić information content (AvgIpc) is 3.25. The van der Waals surface area contributed by atoms with E-state index in [1.807, 2.05) is 6.92 Å². The molecular formula is C27H34OSi2. The first-order chi connectivity index (χ1) is 13.9. The Kier molecular flexibility index (Phi) is 5.10. The van der Waals surface area contributed by atoms with Crippen LogP contribution in [0.1, 0.15) is 28.2 Å². The molecule has 1 aromatic heterocycles.